The van der Waals surface area contributed by atoms with Crippen LogP contribution in [0.2, 0.25) is 0 Å². The fourth-order valence-corrected chi connectivity index (χ4v) is 7.04. The monoisotopic (exact) mass is 793 g/mol. The summed E-state index contributed by atoms with van der Waals surface area (Å²) in [6, 6.07) is 0. The van der Waals surface area contributed by atoms with Gasteiger partial charge >= 0.3 is 0 Å². The lowest BCUT2D eigenvalue weighted by atomic mass is 9.84. The largest absolute Gasteiger partial charge is 0.378 e. The lowest BCUT2D eigenvalue weighted by molar-refractivity contribution is -0.187. The van der Waals surface area contributed by atoms with E-state index in [-0.39, 0.29) is 12.6 Å². The van der Waals surface area contributed by atoms with E-state index in [1.807, 2.05) is 13.8 Å². The summed E-state index contributed by atoms with van der Waals surface area (Å²) in [5.74, 6) is 6.67. The van der Waals surface area contributed by atoms with Gasteiger partial charge in [0.05, 0.1) is 38.6 Å². The molecular weight excluding hydrogens is 697 g/mol. The zero-order chi connectivity index (χ0) is 41.9. The molecule has 1 saturated carbocycles. The number of allylic oxidation sites excluding steroid dienone is 4. The smallest absolute Gasteiger partial charge is 0.154 e. The van der Waals surface area contributed by atoms with E-state index in [2.05, 4.69) is 95.2 Å². The van der Waals surface area contributed by atoms with Crippen molar-refractivity contribution in [2.75, 3.05) is 39.6 Å². The zero-order valence-electron chi connectivity index (χ0n) is 39.7. The Kier molecular flexibility index (Phi) is 30.5. The van der Waals surface area contributed by atoms with Gasteiger partial charge in [0, 0.05) is 25.0 Å². The Bertz CT molecular complexity index is 762. The van der Waals surface area contributed by atoms with Crippen LogP contribution in [-0.2, 0) is 28.4 Å². The van der Waals surface area contributed by atoms with Crippen molar-refractivity contribution in [1.29, 1.82) is 0 Å². The van der Waals surface area contributed by atoms with E-state index >= 15 is 0 Å². The number of hydrogen-bond acceptors (Lipinski definition) is 6. The van der Waals surface area contributed by atoms with E-state index in [0.29, 0.717) is 24.0 Å². The molecule has 4 aliphatic heterocycles. The molecule has 0 radical (unpaired) electrons. The van der Waals surface area contributed by atoms with E-state index in [0.717, 1.165) is 75.1 Å². The first-order valence-electron chi connectivity index (χ1n) is 23.5. The Labute approximate surface area is 349 Å². The van der Waals surface area contributed by atoms with Gasteiger partial charge in [-0.1, -0.05) is 104 Å². The van der Waals surface area contributed by atoms with Crippen molar-refractivity contribution in [3.8, 4) is 0 Å². The molecular formula is C50H96O6. The molecule has 4 heterocycles. The van der Waals surface area contributed by atoms with Crippen LogP contribution in [0.1, 0.15) is 187 Å². The Balaban J connectivity index is 0.000000327. The summed E-state index contributed by atoms with van der Waals surface area (Å²) < 4.78 is 31.5. The molecule has 0 amide bonds. The predicted octanol–water partition coefficient (Wildman–Crippen LogP) is 14.0. The summed E-state index contributed by atoms with van der Waals surface area (Å²) in [6.07, 6.45) is 25.0. The summed E-state index contributed by atoms with van der Waals surface area (Å²) in [4.78, 5) is 0. The van der Waals surface area contributed by atoms with Crippen LogP contribution in [0.25, 0.3) is 0 Å². The first-order valence-corrected chi connectivity index (χ1v) is 23.5. The third kappa shape index (κ3) is 30.3. The molecule has 7 aliphatic rings. The standard InChI is InChI=1S/C8H16.2C8H14.2C7H14O.2C6H12O2/c3*1-7-3-5-8(2)6-4-7;2*1-6-3-4-7(2)8-5-6;2*1-5-3-7-6(2)8-4-5/h7-8H,3-6H2,1-2H3;2*3,8H,4-6H2,1-2H3;2*6-7H,3-5H2,1-2H3;2*5-6H,3-4H2,1-2H3. The zero-order valence-corrected chi connectivity index (χ0v) is 39.7. The van der Waals surface area contributed by atoms with Gasteiger partial charge in [-0.2, -0.15) is 0 Å². The molecule has 0 aromatic rings. The fourth-order valence-electron chi connectivity index (χ4n) is 7.04. The molecule has 6 unspecified atom stereocenters. The normalized spacial score (nSPS) is 36.9. The molecule has 6 heteroatoms. The van der Waals surface area contributed by atoms with Crippen molar-refractivity contribution in [2.24, 2.45) is 47.3 Å². The second kappa shape index (κ2) is 32.1. The third-order valence-electron chi connectivity index (χ3n) is 12.0. The average molecular weight is 793 g/mol. The topological polar surface area (TPSA) is 55.4 Å². The number of rotatable bonds is 0. The van der Waals surface area contributed by atoms with Crippen molar-refractivity contribution < 1.29 is 28.4 Å². The molecule has 0 bridgehead atoms. The Morgan fingerprint density at radius 1 is 0.321 bits per heavy atom. The average Bonchev–Trinajstić information content (AvgIpc) is 3.18. The Hall–Kier alpha value is -0.760. The Morgan fingerprint density at radius 3 is 0.804 bits per heavy atom. The van der Waals surface area contributed by atoms with Gasteiger partial charge in [-0.3, -0.25) is 0 Å². The van der Waals surface area contributed by atoms with Gasteiger partial charge in [-0.25, -0.2) is 0 Å². The molecule has 3 aliphatic carbocycles. The number of ether oxygens (including phenoxy) is 6. The SMILES string of the molecule is CC1=CCC(C)CC1.CC1=CCC(C)CC1.CC1CCC(C)CC1.CC1CCC(C)OC1.CC1CCC(C)OC1.CC1COC(C)OC1.CC1COC(C)OC1. The molecule has 0 aromatic carbocycles. The summed E-state index contributed by atoms with van der Waals surface area (Å²) in [5, 5.41) is 0. The summed E-state index contributed by atoms with van der Waals surface area (Å²) >= 11 is 0. The molecule has 6 atom stereocenters. The van der Waals surface area contributed by atoms with Crippen molar-refractivity contribution in [3.63, 3.8) is 0 Å². The van der Waals surface area contributed by atoms with Gasteiger partial charge < -0.3 is 28.4 Å². The Morgan fingerprint density at radius 2 is 0.607 bits per heavy atom. The molecule has 7 rings (SSSR count). The molecule has 6 nitrogen and oxygen atoms in total. The van der Waals surface area contributed by atoms with E-state index in [4.69, 9.17) is 28.4 Å². The van der Waals surface area contributed by atoms with Gasteiger partial charge in [0.15, 0.2) is 12.6 Å². The second-order valence-electron chi connectivity index (χ2n) is 19.6. The summed E-state index contributed by atoms with van der Waals surface area (Å²) in [7, 11) is 0. The van der Waals surface area contributed by atoms with Gasteiger partial charge in [-0.05, 0) is 141 Å². The van der Waals surface area contributed by atoms with Crippen LogP contribution in [0.3, 0.4) is 0 Å². The van der Waals surface area contributed by atoms with Crippen molar-refractivity contribution >= 4 is 0 Å². The highest BCUT2D eigenvalue weighted by atomic mass is 16.7. The predicted molar refractivity (Wildman–Crippen MR) is 239 cm³/mol. The van der Waals surface area contributed by atoms with E-state index < -0.39 is 0 Å². The second-order valence-corrected chi connectivity index (χ2v) is 19.6. The van der Waals surface area contributed by atoms with Crippen molar-refractivity contribution in [2.45, 2.75) is 212 Å². The number of hydrogen-bond donors (Lipinski definition) is 0. The van der Waals surface area contributed by atoms with Crippen LogP contribution in [0.5, 0.6) is 0 Å². The lowest BCUT2D eigenvalue weighted by Gasteiger charge is -2.24. The highest BCUT2D eigenvalue weighted by Gasteiger charge is 2.16. The minimum absolute atomic E-state index is 0.0196. The molecule has 0 spiro atoms. The van der Waals surface area contributed by atoms with Crippen LogP contribution in [0.15, 0.2) is 23.3 Å². The first kappa shape index (κ1) is 53.3. The molecule has 56 heavy (non-hydrogen) atoms. The quantitative estimate of drug-likeness (QED) is 0.228. The molecule has 332 valence electrons. The van der Waals surface area contributed by atoms with E-state index in [1.54, 1.807) is 11.1 Å². The van der Waals surface area contributed by atoms with Crippen LogP contribution in [0, 0.1) is 47.3 Å². The van der Waals surface area contributed by atoms with Gasteiger partial charge in [-0.15, -0.1) is 0 Å². The van der Waals surface area contributed by atoms with Crippen LogP contribution >= 0.6 is 0 Å². The minimum Gasteiger partial charge on any atom is -0.378 e. The summed E-state index contributed by atoms with van der Waals surface area (Å²) in [5.41, 5.74) is 3.17. The molecule has 5 fully saturated rings. The van der Waals surface area contributed by atoms with Crippen LogP contribution < -0.4 is 0 Å². The molecule has 4 saturated heterocycles. The van der Waals surface area contributed by atoms with E-state index in [1.165, 1.54) is 89.9 Å². The maximum absolute atomic E-state index is 5.39. The highest BCUT2D eigenvalue weighted by Crippen LogP contribution is 2.27. The van der Waals surface area contributed by atoms with Crippen molar-refractivity contribution in [1.82, 2.24) is 0 Å². The van der Waals surface area contributed by atoms with Crippen molar-refractivity contribution in [3.05, 3.63) is 23.3 Å². The first-order chi connectivity index (χ1) is 26.5. The third-order valence-corrected chi connectivity index (χ3v) is 12.0. The van der Waals surface area contributed by atoms with Gasteiger partial charge in [0.25, 0.3) is 0 Å². The maximum atomic E-state index is 5.39. The van der Waals surface area contributed by atoms with Crippen LogP contribution in [-0.4, -0.2) is 64.4 Å². The van der Waals surface area contributed by atoms with Crippen LogP contribution in [0.4, 0.5) is 0 Å². The maximum Gasteiger partial charge on any atom is 0.154 e. The minimum atomic E-state index is 0.0196. The lowest BCUT2D eigenvalue weighted by Crippen LogP contribution is -2.27. The van der Waals surface area contributed by atoms with Gasteiger partial charge in [0.1, 0.15) is 0 Å². The summed E-state index contributed by atoms with van der Waals surface area (Å²) in [6.45, 7) is 36.0. The van der Waals surface area contributed by atoms with Gasteiger partial charge in [0.2, 0.25) is 0 Å². The molecule has 0 aromatic heterocycles. The van der Waals surface area contributed by atoms with E-state index in [9.17, 15) is 0 Å². The highest BCUT2D eigenvalue weighted by molar-refractivity contribution is 5.02. The molecule has 0 N–H and O–H groups in total. The fraction of sp³-hybridized carbons (Fsp3) is 0.920.